The molecule has 1 unspecified atom stereocenters. The molecule has 0 radical (unpaired) electrons. The van der Waals surface area contributed by atoms with E-state index in [1.165, 1.54) is 6.39 Å². The molecule has 1 saturated heterocycles. The van der Waals surface area contributed by atoms with Crippen LogP contribution in [0.4, 0.5) is 0 Å². The second-order valence-electron chi connectivity index (χ2n) is 4.50. The maximum atomic E-state index is 11.9. The van der Waals surface area contributed by atoms with Crippen LogP contribution in [0.1, 0.15) is 18.7 Å². The minimum absolute atomic E-state index is 0.0391. The Balaban J connectivity index is 1.82. The second kappa shape index (κ2) is 6.46. The quantitative estimate of drug-likeness (QED) is 0.724. The van der Waals surface area contributed by atoms with E-state index in [4.69, 9.17) is 10.3 Å². The Labute approximate surface area is 106 Å². The summed E-state index contributed by atoms with van der Waals surface area (Å²) in [6.07, 6.45) is 3.27. The highest BCUT2D eigenvalue weighted by molar-refractivity contribution is 5.78. The number of piperidine rings is 1. The van der Waals surface area contributed by atoms with Crippen molar-refractivity contribution in [2.45, 2.75) is 19.4 Å². The third kappa shape index (κ3) is 3.51. The van der Waals surface area contributed by atoms with Gasteiger partial charge in [-0.2, -0.15) is 4.98 Å². The summed E-state index contributed by atoms with van der Waals surface area (Å²) in [6.45, 7) is 3.36. The van der Waals surface area contributed by atoms with Crippen molar-refractivity contribution in [1.82, 2.24) is 20.4 Å². The minimum Gasteiger partial charge on any atom is -0.355 e. The van der Waals surface area contributed by atoms with Crippen molar-refractivity contribution in [1.29, 1.82) is 0 Å². The number of amides is 1. The number of carbonyl (C=O) groups is 1. The normalized spacial score (nSPS) is 20.8. The van der Waals surface area contributed by atoms with Gasteiger partial charge in [0.1, 0.15) is 0 Å². The van der Waals surface area contributed by atoms with Crippen LogP contribution in [0.15, 0.2) is 10.9 Å². The number of nitrogens with two attached hydrogens (primary N) is 1. The zero-order chi connectivity index (χ0) is 12.8. The summed E-state index contributed by atoms with van der Waals surface area (Å²) in [4.78, 5) is 18.0. The summed E-state index contributed by atoms with van der Waals surface area (Å²) < 4.78 is 4.70. The van der Waals surface area contributed by atoms with Crippen LogP contribution in [0, 0.1) is 5.92 Å². The first kappa shape index (κ1) is 13.0. The van der Waals surface area contributed by atoms with Gasteiger partial charge in [0, 0.05) is 19.6 Å². The van der Waals surface area contributed by atoms with Crippen LogP contribution in [0.3, 0.4) is 0 Å². The smallest absolute Gasteiger partial charge is 0.224 e. The van der Waals surface area contributed by atoms with Crippen LogP contribution in [0.5, 0.6) is 0 Å². The Morgan fingerprint density at radius 2 is 2.56 bits per heavy atom. The van der Waals surface area contributed by atoms with Gasteiger partial charge in [-0.15, -0.1) is 0 Å². The Bertz CT molecular complexity index is 368. The van der Waals surface area contributed by atoms with Gasteiger partial charge in [0.2, 0.25) is 12.3 Å². The molecule has 1 amide bonds. The van der Waals surface area contributed by atoms with Crippen LogP contribution in [-0.2, 0) is 11.3 Å². The first-order valence-corrected chi connectivity index (χ1v) is 6.25. The van der Waals surface area contributed by atoms with E-state index in [0.29, 0.717) is 25.5 Å². The number of nitrogens with zero attached hydrogens (tertiary/aromatic N) is 3. The Morgan fingerprint density at radius 3 is 3.28 bits per heavy atom. The number of hydrogen-bond donors (Lipinski definition) is 2. The number of likely N-dealkylation sites (tertiary alicyclic amines) is 1. The first-order valence-electron chi connectivity index (χ1n) is 6.25. The molecule has 2 heterocycles. The molecular weight excluding hydrogens is 234 g/mol. The molecule has 7 nitrogen and oxygen atoms in total. The highest BCUT2D eigenvalue weighted by atomic mass is 16.5. The number of rotatable bonds is 5. The highest BCUT2D eigenvalue weighted by Crippen LogP contribution is 2.17. The number of nitrogens with one attached hydrogen (secondary N) is 1. The molecule has 0 spiro atoms. The van der Waals surface area contributed by atoms with Crippen LogP contribution >= 0.6 is 0 Å². The second-order valence-corrected chi connectivity index (χ2v) is 4.50. The van der Waals surface area contributed by atoms with E-state index in [1.54, 1.807) is 0 Å². The standard InChI is InChI=1S/C11H19N5O2/c12-3-4-13-11(17)9-2-1-5-16(6-9)7-10-14-8-18-15-10/h8-9H,1-7,12H2,(H,13,17). The predicted octanol–water partition coefficient (Wildman–Crippen LogP) is -0.643. The molecule has 0 bridgehead atoms. The zero-order valence-electron chi connectivity index (χ0n) is 10.3. The van der Waals surface area contributed by atoms with Gasteiger partial charge in [-0.3, -0.25) is 9.69 Å². The lowest BCUT2D eigenvalue weighted by molar-refractivity contribution is -0.126. The summed E-state index contributed by atoms with van der Waals surface area (Å²) in [7, 11) is 0. The van der Waals surface area contributed by atoms with Crippen LogP contribution in [-0.4, -0.2) is 47.1 Å². The van der Waals surface area contributed by atoms with Crippen molar-refractivity contribution < 1.29 is 9.32 Å². The molecule has 0 aliphatic carbocycles. The lowest BCUT2D eigenvalue weighted by atomic mass is 9.97. The molecule has 1 aromatic heterocycles. The largest absolute Gasteiger partial charge is 0.355 e. The molecule has 1 aromatic rings. The topological polar surface area (TPSA) is 97.3 Å². The van der Waals surface area contributed by atoms with E-state index in [0.717, 1.165) is 25.9 Å². The van der Waals surface area contributed by atoms with Gasteiger partial charge >= 0.3 is 0 Å². The van der Waals surface area contributed by atoms with Crippen LogP contribution in [0.25, 0.3) is 0 Å². The predicted molar refractivity (Wildman–Crippen MR) is 64.4 cm³/mol. The third-order valence-corrected chi connectivity index (χ3v) is 3.09. The van der Waals surface area contributed by atoms with Gasteiger partial charge in [-0.25, -0.2) is 0 Å². The Morgan fingerprint density at radius 1 is 1.67 bits per heavy atom. The van der Waals surface area contributed by atoms with E-state index >= 15 is 0 Å². The molecule has 1 atom stereocenters. The van der Waals surface area contributed by atoms with Crippen LogP contribution in [0.2, 0.25) is 0 Å². The van der Waals surface area contributed by atoms with E-state index in [1.807, 2.05) is 0 Å². The first-order chi connectivity index (χ1) is 8.79. The monoisotopic (exact) mass is 253 g/mol. The van der Waals surface area contributed by atoms with E-state index in [9.17, 15) is 4.79 Å². The summed E-state index contributed by atoms with van der Waals surface area (Å²) in [6, 6.07) is 0. The molecule has 7 heteroatoms. The number of carbonyl (C=O) groups excluding carboxylic acids is 1. The van der Waals surface area contributed by atoms with Gasteiger partial charge in [0.25, 0.3) is 0 Å². The van der Waals surface area contributed by atoms with E-state index in [-0.39, 0.29) is 11.8 Å². The van der Waals surface area contributed by atoms with Gasteiger partial charge in [-0.1, -0.05) is 5.16 Å². The lowest BCUT2D eigenvalue weighted by Gasteiger charge is -2.30. The molecular formula is C11H19N5O2. The average Bonchev–Trinajstić information content (AvgIpc) is 2.89. The Hall–Kier alpha value is -1.47. The lowest BCUT2D eigenvalue weighted by Crippen LogP contribution is -2.43. The number of aromatic nitrogens is 2. The maximum absolute atomic E-state index is 11.9. The summed E-state index contributed by atoms with van der Waals surface area (Å²) in [5.74, 6) is 0.800. The van der Waals surface area contributed by atoms with Gasteiger partial charge in [0.15, 0.2) is 5.82 Å². The average molecular weight is 253 g/mol. The van der Waals surface area contributed by atoms with Gasteiger partial charge in [-0.05, 0) is 19.4 Å². The highest BCUT2D eigenvalue weighted by Gasteiger charge is 2.26. The third-order valence-electron chi connectivity index (χ3n) is 3.09. The number of hydrogen-bond acceptors (Lipinski definition) is 6. The fourth-order valence-electron chi connectivity index (χ4n) is 2.21. The molecule has 3 N–H and O–H groups in total. The van der Waals surface area contributed by atoms with Gasteiger partial charge < -0.3 is 15.6 Å². The molecule has 2 rings (SSSR count). The van der Waals surface area contributed by atoms with Crippen molar-refractivity contribution in [3.8, 4) is 0 Å². The van der Waals surface area contributed by atoms with Crippen molar-refractivity contribution in [2.75, 3.05) is 26.2 Å². The minimum atomic E-state index is 0.0391. The van der Waals surface area contributed by atoms with Crippen LogP contribution < -0.4 is 11.1 Å². The summed E-state index contributed by atoms with van der Waals surface area (Å²) in [5, 5.41) is 6.63. The van der Waals surface area contributed by atoms with Crippen molar-refractivity contribution in [3.05, 3.63) is 12.2 Å². The molecule has 1 aliphatic heterocycles. The van der Waals surface area contributed by atoms with E-state index in [2.05, 4.69) is 20.4 Å². The van der Waals surface area contributed by atoms with Crippen molar-refractivity contribution in [2.24, 2.45) is 11.7 Å². The zero-order valence-corrected chi connectivity index (χ0v) is 10.3. The molecule has 1 aliphatic rings. The summed E-state index contributed by atoms with van der Waals surface area (Å²) in [5.41, 5.74) is 5.37. The molecule has 0 aromatic carbocycles. The fraction of sp³-hybridized carbons (Fsp3) is 0.727. The molecule has 100 valence electrons. The maximum Gasteiger partial charge on any atom is 0.224 e. The fourth-order valence-corrected chi connectivity index (χ4v) is 2.21. The van der Waals surface area contributed by atoms with Gasteiger partial charge in [0.05, 0.1) is 12.5 Å². The Kier molecular flexibility index (Phi) is 4.66. The molecule has 1 fully saturated rings. The van der Waals surface area contributed by atoms with Crippen molar-refractivity contribution >= 4 is 5.91 Å². The molecule has 0 saturated carbocycles. The van der Waals surface area contributed by atoms with E-state index < -0.39 is 0 Å². The van der Waals surface area contributed by atoms with Crippen molar-refractivity contribution in [3.63, 3.8) is 0 Å². The molecule has 18 heavy (non-hydrogen) atoms. The SMILES string of the molecule is NCCNC(=O)C1CCCN(Cc2ncon2)C1. The summed E-state index contributed by atoms with van der Waals surface area (Å²) >= 11 is 0.